The number of rotatable bonds is 4. The Hall–Kier alpha value is -1.62. The zero-order chi connectivity index (χ0) is 12.3. The normalized spacial score (nSPS) is 10.5. The summed E-state index contributed by atoms with van der Waals surface area (Å²) in [6.45, 7) is 0. The van der Waals surface area contributed by atoms with E-state index in [-0.39, 0.29) is 24.2 Å². The van der Waals surface area contributed by atoms with E-state index in [0.717, 1.165) is 17.0 Å². The fourth-order valence-electron chi connectivity index (χ4n) is 1.48. The van der Waals surface area contributed by atoms with Crippen molar-refractivity contribution in [1.82, 2.24) is 4.98 Å². The molecule has 5 heteroatoms. The molecule has 0 N–H and O–H groups in total. The second kappa shape index (κ2) is 5.14. The molecule has 0 radical (unpaired) electrons. The van der Waals surface area contributed by atoms with Crippen molar-refractivity contribution in [1.29, 1.82) is 0 Å². The summed E-state index contributed by atoms with van der Waals surface area (Å²) in [5.41, 5.74) is 1.45. The number of ketones is 1. The molecule has 0 fully saturated rings. The maximum absolute atomic E-state index is 13.3. The van der Waals surface area contributed by atoms with Crippen LogP contribution in [0.3, 0.4) is 0 Å². The van der Waals surface area contributed by atoms with Crippen LogP contribution in [0.1, 0.15) is 10.4 Å². The van der Waals surface area contributed by atoms with Gasteiger partial charge in [-0.2, -0.15) is 0 Å². The Balaban J connectivity index is 2.08. The maximum atomic E-state index is 13.3. The molecule has 2 aromatic rings. The number of Topliss-reactive ketones (excluding diaryl/α,β-unsaturated/α-hetero) is 1. The summed E-state index contributed by atoms with van der Waals surface area (Å²) in [7, 11) is 0. The highest BCUT2D eigenvalue weighted by Crippen LogP contribution is 2.15. The van der Waals surface area contributed by atoms with Gasteiger partial charge in [0.1, 0.15) is 17.4 Å². The van der Waals surface area contributed by atoms with Crippen molar-refractivity contribution < 1.29 is 13.6 Å². The third-order valence-corrected chi connectivity index (χ3v) is 3.07. The van der Waals surface area contributed by atoms with Crippen molar-refractivity contribution in [3.63, 3.8) is 0 Å². The van der Waals surface area contributed by atoms with Crippen LogP contribution in [-0.4, -0.2) is 10.8 Å². The van der Waals surface area contributed by atoms with Gasteiger partial charge in [-0.3, -0.25) is 9.78 Å². The monoisotopic (exact) mass is 253 g/mol. The van der Waals surface area contributed by atoms with E-state index < -0.39 is 11.6 Å². The summed E-state index contributed by atoms with van der Waals surface area (Å²) in [5, 5.41) is 0. The topological polar surface area (TPSA) is 30.0 Å². The van der Waals surface area contributed by atoms with Gasteiger partial charge >= 0.3 is 0 Å². The third-order valence-electron chi connectivity index (χ3n) is 2.29. The molecule has 0 aliphatic heterocycles. The molecule has 0 atom stereocenters. The van der Waals surface area contributed by atoms with Crippen LogP contribution >= 0.6 is 11.3 Å². The number of hydrogen-bond donors (Lipinski definition) is 0. The molecule has 2 rings (SSSR count). The Morgan fingerprint density at radius 3 is 2.53 bits per heavy atom. The Bertz CT molecular complexity index is 505. The molecule has 0 aliphatic carbocycles. The quantitative estimate of drug-likeness (QED) is 0.838. The molecule has 0 bridgehead atoms. The largest absolute Gasteiger partial charge is 0.299 e. The summed E-state index contributed by atoms with van der Waals surface area (Å²) >= 11 is 1.35. The van der Waals surface area contributed by atoms with E-state index in [1.165, 1.54) is 17.4 Å². The van der Waals surface area contributed by atoms with Gasteiger partial charge in [0.2, 0.25) is 0 Å². The molecule has 0 amide bonds. The standard InChI is InChI=1S/C12H9F2NOS/c13-11-2-1-3-12(14)10(11)5-8(16)4-9-6-15-7-17-9/h1-3,6-7H,4-5H2. The molecule has 0 saturated carbocycles. The molecule has 0 unspecified atom stereocenters. The van der Waals surface area contributed by atoms with E-state index in [1.54, 1.807) is 11.7 Å². The Labute approximate surface area is 101 Å². The zero-order valence-corrected chi connectivity index (χ0v) is 9.64. The second-order valence-corrected chi connectivity index (χ2v) is 4.53. The first-order valence-electron chi connectivity index (χ1n) is 4.99. The van der Waals surface area contributed by atoms with Crippen molar-refractivity contribution in [2.45, 2.75) is 12.8 Å². The molecule has 17 heavy (non-hydrogen) atoms. The molecule has 0 aliphatic rings. The number of hydrogen-bond acceptors (Lipinski definition) is 3. The number of nitrogens with zero attached hydrogens (tertiary/aromatic N) is 1. The van der Waals surface area contributed by atoms with Crippen LogP contribution in [0.2, 0.25) is 0 Å². The fraction of sp³-hybridized carbons (Fsp3) is 0.167. The first kappa shape index (κ1) is 11.9. The lowest BCUT2D eigenvalue weighted by Crippen LogP contribution is -2.08. The van der Waals surface area contributed by atoms with E-state index >= 15 is 0 Å². The number of halogens is 2. The molecular weight excluding hydrogens is 244 g/mol. The minimum atomic E-state index is -0.678. The number of aromatic nitrogens is 1. The first-order chi connectivity index (χ1) is 8.16. The summed E-state index contributed by atoms with van der Waals surface area (Å²) in [6, 6.07) is 3.58. The van der Waals surface area contributed by atoms with Gasteiger partial charge in [-0.15, -0.1) is 11.3 Å². The average Bonchev–Trinajstić information content (AvgIpc) is 2.76. The van der Waals surface area contributed by atoms with E-state index in [4.69, 9.17) is 0 Å². The van der Waals surface area contributed by atoms with Gasteiger partial charge in [-0.05, 0) is 12.1 Å². The van der Waals surface area contributed by atoms with E-state index in [9.17, 15) is 13.6 Å². The molecule has 2 nitrogen and oxygen atoms in total. The molecule has 88 valence electrons. The van der Waals surface area contributed by atoms with Crippen LogP contribution in [0, 0.1) is 11.6 Å². The molecule has 1 aromatic carbocycles. The maximum Gasteiger partial charge on any atom is 0.142 e. The van der Waals surface area contributed by atoms with Gasteiger partial charge in [0.25, 0.3) is 0 Å². The summed E-state index contributed by atoms with van der Waals surface area (Å²) in [4.78, 5) is 16.3. The number of thiazole rings is 1. The molecule has 1 heterocycles. The number of benzene rings is 1. The lowest BCUT2D eigenvalue weighted by molar-refractivity contribution is -0.117. The molecule has 0 saturated heterocycles. The van der Waals surface area contributed by atoms with Crippen LogP contribution in [0.5, 0.6) is 0 Å². The minimum Gasteiger partial charge on any atom is -0.299 e. The third kappa shape index (κ3) is 2.94. The van der Waals surface area contributed by atoms with Crippen molar-refractivity contribution in [3.05, 3.63) is 52.0 Å². The van der Waals surface area contributed by atoms with Gasteiger partial charge in [-0.1, -0.05) is 6.07 Å². The molecule has 1 aromatic heterocycles. The van der Waals surface area contributed by atoms with Crippen molar-refractivity contribution in [2.24, 2.45) is 0 Å². The highest BCUT2D eigenvalue weighted by molar-refractivity contribution is 7.09. The summed E-state index contributed by atoms with van der Waals surface area (Å²) in [6.07, 6.45) is 1.52. The smallest absolute Gasteiger partial charge is 0.142 e. The molecule has 0 spiro atoms. The lowest BCUT2D eigenvalue weighted by Gasteiger charge is -2.03. The Morgan fingerprint density at radius 1 is 1.24 bits per heavy atom. The highest BCUT2D eigenvalue weighted by Gasteiger charge is 2.13. The average molecular weight is 253 g/mol. The van der Waals surface area contributed by atoms with Crippen molar-refractivity contribution in [3.8, 4) is 0 Å². The minimum absolute atomic E-state index is 0.165. The zero-order valence-electron chi connectivity index (χ0n) is 8.82. The van der Waals surface area contributed by atoms with Gasteiger partial charge in [-0.25, -0.2) is 8.78 Å². The van der Waals surface area contributed by atoms with Crippen LogP contribution in [0.15, 0.2) is 29.9 Å². The summed E-state index contributed by atoms with van der Waals surface area (Å²) < 4.78 is 26.6. The first-order valence-corrected chi connectivity index (χ1v) is 5.86. The summed E-state index contributed by atoms with van der Waals surface area (Å²) in [5.74, 6) is -1.58. The van der Waals surface area contributed by atoms with E-state index in [2.05, 4.69) is 4.98 Å². The molecular formula is C12H9F2NOS. The van der Waals surface area contributed by atoms with Gasteiger partial charge < -0.3 is 0 Å². The van der Waals surface area contributed by atoms with Crippen LogP contribution in [0.25, 0.3) is 0 Å². The fourth-order valence-corrected chi connectivity index (χ4v) is 2.11. The van der Waals surface area contributed by atoms with E-state index in [0.29, 0.717) is 0 Å². The Morgan fingerprint density at radius 2 is 1.94 bits per heavy atom. The SMILES string of the molecule is O=C(Cc1cncs1)Cc1c(F)cccc1F. The van der Waals surface area contributed by atoms with Crippen molar-refractivity contribution in [2.75, 3.05) is 0 Å². The number of carbonyl (C=O) groups excluding carboxylic acids is 1. The van der Waals surface area contributed by atoms with Crippen LogP contribution < -0.4 is 0 Å². The number of carbonyl (C=O) groups is 1. The van der Waals surface area contributed by atoms with E-state index in [1.807, 2.05) is 0 Å². The van der Waals surface area contributed by atoms with Gasteiger partial charge in [0.15, 0.2) is 0 Å². The second-order valence-electron chi connectivity index (χ2n) is 3.56. The lowest BCUT2D eigenvalue weighted by atomic mass is 10.1. The van der Waals surface area contributed by atoms with Gasteiger partial charge in [0.05, 0.1) is 5.51 Å². The van der Waals surface area contributed by atoms with Crippen LogP contribution in [0.4, 0.5) is 8.78 Å². The highest BCUT2D eigenvalue weighted by atomic mass is 32.1. The van der Waals surface area contributed by atoms with Crippen molar-refractivity contribution >= 4 is 17.1 Å². The van der Waals surface area contributed by atoms with Crippen LogP contribution in [-0.2, 0) is 17.6 Å². The predicted octanol–water partition coefficient (Wildman–Crippen LogP) is 2.78. The Kier molecular flexibility index (Phi) is 3.58. The predicted molar refractivity (Wildman–Crippen MR) is 60.9 cm³/mol. The van der Waals surface area contributed by atoms with Gasteiger partial charge in [0, 0.05) is 29.5 Å².